The van der Waals surface area contributed by atoms with E-state index in [0.29, 0.717) is 17.1 Å². The molecule has 0 saturated carbocycles. The lowest BCUT2D eigenvalue weighted by atomic mass is 9.69. The molecular weight excluding hydrogens is 458 g/mol. The number of rotatable bonds is 4. The molecule has 1 aliphatic carbocycles. The van der Waals surface area contributed by atoms with Crippen LogP contribution in [0.2, 0.25) is 18.1 Å². The minimum absolute atomic E-state index is 0.0412. The van der Waals surface area contributed by atoms with Gasteiger partial charge in [0.1, 0.15) is 5.75 Å². The predicted octanol–water partition coefficient (Wildman–Crippen LogP) is 4.79. The highest BCUT2D eigenvalue weighted by atomic mass is 79.9. The Morgan fingerprint density at radius 2 is 2.00 bits per heavy atom. The summed E-state index contributed by atoms with van der Waals surface area (Å²) in [6, 6.07) is 5.16. The number of carbonyl (C=O) groups excluding carboxylic acids is 1. The molecule has 0 fully saturated rings. The van der Waals surface area contributed by atoms with Gasteiger partial charge in [-0.15, -0.1) is 0 Å². The van der Waals surface area contributed by atoms with Gasteiger partial charge in [-0.3, -0.25) is 10.1 Å². The number of nitrogens with zero attached hydrogens (tertiary/aromatic N) is 1. The first kappa shape index (κ1) is 22.0. The third-order valence-electron chi connectivity index (χ3n) is 6.33. The second kappa shape index (κ2) is 7.21. The first-order valence-electron chi connectivity index (χ1n) is 9.43. The highest BCUT2D eigenvalue weighted by molar-refractivity contribution is 9.10. The molecule has 0 aromatic heterocycles. The molecule has 2 aliphatic rings. The van der Waals surface area contributed by atoms with Crippen LogP contribution in [0.4, 0.5) is 0 Å². The lowest BCUT2D eigenvalue weighted by Gasteiger charge is -2.44. The molecule has 1 aliphatic heterocycles. The Kier molecular flexibility index (Phi) is 5.46. The van der Waals surface area contributed by atoms with Crippen molar-refractivity contribution in [1.29, 1.82) is 0 Å². The van der Waals surface area contributed by atoms with Gasteiger partial charge in [-0.05, 0) is 42.4 Å². The summed E-state index contributed by atoms with van der Waals surface area (Å²) in [5, 5.41) is 12.2. The van der Waals surface area contributed by atoms with Crippen LogP contribution in [0, 0.1) is 10.1 Å². The molecule has 1 unspecified atom stereocenters. The van der Waals surface area contributed by atoms with Crippen molar-refractivity contribution in [1.82, 2.24) is 0 Å². The van der Waals surface area contributed by atoms with Gasteiger partial charge < -0.3 is 13.9 Å². The summed E-state index contributed by atoms with van der Waals surface area (Å²) in [6.07, 6.45) is 0.714. The summed E-state index contributed by atoms with van der Waals surface area (Å²) >= 11 is 3.42. The van der Waals surface area contributed by atoms with E-state index in [1.54, 1.807) is 24.3 Å². The maximum atomic E-state index is 12.9. The van der Waals surface area contributed by atoms with E-state index in [2.05, 4.69) is 49.8 Å². The molecule has 1 aromatic rings. The topological polar surface area (TPSA) is 87.9 Å². The molecule has 7 nitrogen and oxygen atoms in total. The first-order valence-corrected chi connectivity index (χ1v) is 13.1. The molecule has 0 bridgehead atoms. The fraction of sp³-hybridized carbons (Fsp3) is 0.550. The number of benzene rings is 1. The van der Waals surface area contributed by atoms with Crippen LogP contribution in [-0.2, 0) is 14.0 Å². The summed E-state index contributed by atoms with van der Waals surface area (Å²) in [5.74, 6) is -0.701. The van der Waals surface area contributed by atoms with E-state index >= 15 is 0 Å². The van der Waals surface area contributed by atoms with Crippen LogP contribution in [0.25, 0.3) is 0 Å². The largest absolute Gasteiger partial charge is 0.547 e. The second-order valence-electron chi connectivity index (χ2n) is 9.06. The van der Waals surface area contributed by atoms with Crippen LogP contribution in [0.3, 0.4) is 0 Å². The first-order chi connectivity index (χ1) is 13.3. The molecule has 0 N–H and O–H groups in total. The highest BCUT2D eigenvalue weighted by Crippen LogP contribution is 2.52. The normalized spacial score (nSPS) is 26.7. The van der Waals surface area contributed by atoms with Crippen LogP contribution >= 0.6 is 15.9 Å². The number of fused-ring (bicyclic) bond motifs is 3. The fourth-order valence-electron chi connectivity index (χ4n) is 3.70. The van der Waals surface area contributed by atoms with Crippen LogP contribution < -0.4 is 4.74 Å². The maximum absolute atomic E-state index is 12.9. The zero-order chi connectivity index (χ0) is 21.8. The SMILES string of the molecule is COC1C=C(O[Si](C)(C)C(C)(C)C)C[C@@H]2c3cc(Br)ccc3OC(=O)[C@]12[N+](=O)[O-]. The Labute approximate surface area is 179 Å². The standard InChI is InChI=1S/C20H26BrNO6Si/c1-19(2,3)29(5,6)28-13-10-15-14-9-12(21)7-8-16(14)27-18(23)20(15,22(24)25)17(11-13)26-4/h7-9,11,15,17H,10H2,1-6H3/t15-,17?,20-/m1/s1. The maximum Gasteiger partial charge on any atom is 0.394 e. The quantitative estimate of drug-likeness (QED) is 0.201. The van der Waals surface area contributed by atoms with E-state index in [4.69, 9.17) is 13.9 Å². The average molecular weight is 484 g/mol. The van der Waals surface area contributed by atoms with Gasteiger partial charge in [0.25, 0.3) is 0 Å². The van der Waals surface area contributed by atoms with Crippen molar-refractivity contribution in [3.05, 3.63) is 50.2 Å². The average Bonchev–Trinajstić information content (AvgIpc) is 2.60. The molecule has 0 spiro atoms. The number of ether oxygens (including phenoxy) is 2. The Hall–Kier alpha value is -1.71. The van der Waals surface area contributed by atoms with Gasteiger partial charge in [-0.1, -0.05) is 36.7 Å². The summed E-state index contributed by atoms with van der Waals surface area (Å²) in [4.78, 5) is 24.7. The smallest absolute Gasteiger partial charge is 0.394 e. The van der Waals surface area contributed by atoms with E-state index in [9.17, 15) is 14.9 Å². The highest BCUT2D eigenvalue weighted by Gasteiger charge is 2.69. The molecule has 1 aromatic carbocycles. The van der Waals surface area contributed by atoms with Crippen molar-refractivity contribution in [2.45, 2.75) is 62.9 Å². The van der Waals surface area contributed by atoms with Crippen molar-refractivity contribution in [2.75, 3.05) is 7.11 Å². The van der Waals surface area contributed by atoms with E-state index < -0.39 is 36.8 Å². The van der Waals surface area contributed by atoms with Gasteiger partial charge in [-0.2, -0.15) is 0 Å². The van der Waals surface area contributed by atoms with Gasteiger partial charge in [0.15, 0.2) is 6.10 Å². The molecular formula is C20H26BrNO6Si. The van der Waals surface area contributed by atoms with Gasteiger partial charge >= 0.3 is 11.5 Å². The van der Waals surface area contributed by atoms with Gasteiger partial charge in [0.05, 0.1) is 11.7 Å². The Morgan fingerprint density at radius 1 is 1.34 bits per heavy atom. The molecule has 9 heteroatoms. The lowest BCUT2D eigenvalue weighted by molar-refractivity contribution is -0.571. The van der Waals surface area contributed by atoms with Crippen molar-refractivity contribution in [3.63, 3.8) is 0 Å². The van der Waals surface area contributed by atoms with Gasteiger partial charge in [0.2, 0.25) is 8.32 Å². The molecule has 158 valence electrons. The van der Waals surface area contributed by atoms with Crippen LogP contribution in [0.5, 0.6) is 5.75 Å². The summed E-state index contributed by atoms with van der Waals surface area (Å²) in [7, 11) is -0.818. The van der Waals surface area contributed by atoms with Crippen molar-refractivity contribution in [2.24, 2.45) is 0 Å². The molecule has 0 saturated heterocycles. The van der Waals surface area contributed by atoms with Crippen LogP contribution in [0.1, 0.15) is 38.7 Å². The molecule has 29 heavy (non-hydrogen) atoms. The molecule has 3 atom stereocenters. The van der Waals surface area contributed by atoms with Crippen molar-refractivity contribution in [3.8, 4) is 5.75 Å². The summed E-state index contributed by atoms with van der Waals surface area (Å²) < 4.78 is 18.1. The third kappa shape index (κ3) is 3.42. The van der Waals surface area contributed by atoms with E-state index in [1.165, 1.54) is 7.11 Å². The Morgan fingerprint density at radius 3 is 2.55 bits per heavy atom. The minimum atomic E-state index is -2.18. The van der Waals surface area contributed by atoms with Gasteiger partial charge in [-0.25, -0.2) is 4.79 Å². The van der Waals surface area contributed by atoms with E-state index in [-0.39, 0.29) is 11.5 Å². The number of hydrogen-bond donors (Lipinski definition) is 0. The van der Waals surface area contributed by atoms with Crippen molar-refractivity contribution < 1.29 is 23.6 Å². The molecule has 3 rings (SSSR count). The predicted molar refractivity (Wildman–Crippen MR) is 114 cm³/mol. The van der Waals surface area contributed by atoms with Crippen LogP contribution in [-0.4, -0.2) is 38.0 Å². The second-order valence-corrected chi connectivity index (χ2v) is 14.7. The van der Waals surface area contributed by atoms with Gasteiger partial charge in [0, 0.05) is 28.5 Å². The summed E-state index contributed by atoms with van der Waals surface area (Å²) in [6.45, 7) is 10.6. The van der Waals surface area contributed by atoms with E-state index in [0.717, 1.165) is 4.47 Å². The van der Waals surface area contributed by atoms with E-state index in [1.807, 2.05) is 0 Å². The number of halogens is 1. The lowest BCUT2D eigenvalue weighted by Crippen LogP contribution is -2.64. The number of esters is 1. The zero-order valence-corrected chi connectivity index (χ0v) is 20.0. The number of nitro groups is 1. The Bertz CT molecular complexity index is 893. The zero-order valence-electron chi connectivity index (χ0n) is 17.4. The number of allylic oxidation sites excluding steroid dienone is 1. The molecule has 1 heterocycles. The molecule has 0 radical (unpaired) electrons. The number of hydrogen-bond acceptors (Lipinski definition) is 6. The monoisotopic (exact) mass is 483 g/mol. The van der Waals surface area contributed by atoms with Crippen molar-refractivity contribution >= 4 is 30.2 Å². The fourth-order valence-corrected chi connectivity index (χ4v) is 5.19. The Balaban J connectivity index is 2.16. The van der Waals surface area contributed by atoms with Crippen LogP contribution in [0.15, 0.2) is 34.5 Å². The minimum Gasteiger partial charge on any atom is -0.547 e. The molecule has 0 amide bonds. The number of methoxy groups -OCH3 is 1. The number of carbonyl (C=O) groups is 1. The third-order valence-corrected chi connectivity index (χ3v) is 11.2. The summed E-state index contributed by atoms with van der Waals surface area (Å²) in [5.41, 5.74) is -1.45.